The first kappa shape index (κ1) is 20.8. The number of carboxylic acid groups (broad SMARTS) is 1. The minimum atomic E-state index is -1.03. The molecular weight excluding hydrogens is 352 g/mol. The summed E-state index contributed by atoms with van der Waals surface area (Å²) < 4.78 is 5.75. The van der Waals surface area contributed by atoms with Gasteiger partial charge in [-0.25, -0.2) is 4.79 Å². The third kappa shape index (κ3) is 6.06. The number of aromatic carboxylic acids is 1. The van der Waals surface area contributed by atoms with Crippen molar-refractivity contribution in [1.29, 1.82) is 5.41 Å². The van der Waals surface area contributed by atoms with Gasteiger partial charge in [0.05, 0.1) is 17.0 Å². The van der Waals surface area contributed by atoms with Crippen LogP contribution in [0.1, 0.15) is 41.0 Å². The zero-order chi connectivity index (χ0) is 20.4. The second kappa shape index (κ2) is 10.6. The fraction of sp³-hybridized carbons (Fsp3) is 0.174. The summed E-state index contributed by atoms with van der Waals surface area (Å²) in [6, 6.07) is 20.3. The first-order valence-electron chi connectivity index (χ1n) is 9.14. The zero-order valence-electron chi connectivity index (χ0n) is 16.1. The molecule has 0 aliphatic heterocycles. The van der Waals surface area contributed by atoms with Gasteiger partial charge in [-0.3, -0.25) is 4.98 Å². The molecule has 5 heteroatoms. The van der Waals surface area contributed by atoms with E-state index in [9.17, 15) is 4.79 Å². The van der Waals surface area contributed by atoms with Crippen LogP contribution < -0.4 is 4.74 Å². The number of rotatable bonds is 7. The van der Waals surface area contributed by atoms with E-state index in [1.54, 1.807) is 0 Å². The lowest BCUT2D eigenvalue weighted by atomic mass is 10.0. The minimum absolute atomic E-state index is 0.129. The molecule has 0 spiro atoms. The monoisotopic (exact) mass is 376 g/mol. The van der Waals surface area contributed by atoms with E-state index >= 15 is 0 Å². The van der Waals surface area contributed by atoms with Gasteiger partial charge in [0.15, 0.2) is 0 Å². The van der Waals surface area contributed by atoms with Crippen molar-refractivity contribution in [3.63, 3.8) is 0 Å². The Bertz CT molecular complexity index is 907. The number of hydrogen-bond donors (Lipinski definition) is 2. The van der Waals surface area contributed by atoms with Crippen LogP contribution in [0.2, 0.25) is 0 Å². The van der Waals surface area contributed by atoms with Gasteiger partial charge in [0, 0.05) is 12.6 Å². The molecule has 28 heavy (non-hydrogen) atoms. The van der Waals surface area contributed by atoms with E-state index in [1.807, 2.05) is 68.4 Å². The lowest BCUT2D eigenvalue weighted by Crippen LogP contribution is -2.08. The molecule has 0 atom stereocenters. The fourth-order valence-corrected chi connectivity index (χ4v) is 2.47. The summed E-state index contributed by atoms with van der Waals surface area (Å²) >= 11 is 0. The predicted molar refractivity (Wildman–Crippen MR) is 110 cm³/mol. The van der Waals surface area contributed by atoms with Crippen LogP contribution in [0.25, 0.3) is 0 Å². The lowest BCUT2D eigenvalue weighted by Gasteiger charge is -2.08. The van der Waals surface area contributed by atoms with E-state index in [2.05, 4.69) is 4.98 Å². The van der Waals surface area contributed by atoms with Crippen molar-refractivity contribution in [1.82, 2.24) is 4.98 Å². The molecule has 1 heterocycles. The highest BCUT2D eigenvalue weighted by atomic mass is 16.5. The summed E-state index contributed by atoms with van der Waals surface area (Å²) in [5.74, 6) is -0.267. The third-order valence-corrected chi connectivity index (χ3v) is 3.87. The van der Waals surface area contributed by atoms with Crippen molar-refractivity contribution in [3.8, 4) is 5.75 Å². The van der Waals surface area contributed by atoms with Crippen LogP contribution in [-0.2, 0) is 13.0 Å². The van der Waals surface area contributed by atoms with Crippen LogP contribution in [0.15, 0.2) is 72.9 Å². The smallest absolute Gasteiger partial charge is 0.335 e. The zero-order valence-corrected chi connectivity index (χ0v) is 16.1. The molecule has 0 unspecified atom stereocenters. The Morgan fingerprint density at radius 3 is 2.32 bits per heavy atom. The molecule has 5 nitrogen and oxygen atoms in total. The molecule has 0 aliphatic rings. The van der Waals surface area contributed by atoms with Gasteiger partial charge < -0.3 is 15.3 Å². The summed E-state index contributed by atoms with van der Waals surface area (Å²) in [5, 5.41) is 17.2. The molecule has 2 aromatic carbocycles. The highest BCUT2D eigenvalue weighted by molar-refractivity contribution is 5.99. The lowest BCUT2D eigenvalue weighted by molar-refractivity contribution is 0.0696. The molecule has 2 N–H and O–H groups in total. The fourth-order valence-electron chi connectivity index (χ4n) is 2.47. The number of nitrogens with one attached hydrogen (secondary N) is 1. The Kier molecular flexibility index (Phi) is 7.91. The molecule has 0 fully saturated rings. The maximum atomic E-state index is 11.0. The van der Waals surface area contributed by atoms with Crippen LogP contribution in [-0.4, -0.2) is 21.8 Å². The van der Waals surface area contributed by atoms with Crippen LogP contribution in [0.5, 0.6) is 5.75 Å². The van der Waals surface area contributed by atoms with Gasteiger partial charge in [-0.2, -0.15) is 0 Å². The molecule has 3 aromatic rings. The number of hydrogen-bond acceptors (Lipinski definition) is 4. The van der Waals surface area contributed by atoms with Crippen molar-refractivity contribution in [2.75, 3.05) is 0 Å². The SMILES string of the molecule is CC.N=C(Cc1ccc(OCc2ccccc2)cc1)c1cc(C(=O)O)ccn1. The summed E-state index contributed by atoms with van der Waals surface area (Å²) in [6.07, 6.45) is 1.78. The number of carboxylic acids is 1. The number of ether oxygens (including phenoxy) is 1. The molecule has 0 bridgehead atoms. The van der Waals surface area contributed by atoms with Crippen LogP contribution in [0.4, 0.5) is 0 Å². The van der Waals surface area contributed by atoms with Gasteiger partial charge in [-0.1, -0.05) is 56.3 Å². The second-order valence-corrected chi connectivity index (χ2v) is 5.81. The van der Waals surface area contributed by atoms with Crippen molar-refractivity contribution in [2.45, 2.75) is 26.9 Å². The van der Waals surface area contributed by atoms with E-state index in [0.29, 0.717) is 18.7 Å². The van der Waals surface area contributed by atoms with Crippen molar-refractivity contribution >= 4 is 11.7 Å². The summed E-state index contributed by atoms with van der Waals surface area (Å²) in [7, 11) is 0. The third-order valence-electron chi connectivity index (χ3n) is 3.87. The van der Waals surface area contributed by atoms with Crippen LogP contribution in [0.3, 0.4) is 0 Å². The molecule has 0 saturated carbocycles. The van der Waals surface area contributed by atoms with Gasteiger partial charge in [0.25, 0.3) is 0 Å². The normalized spacial score (nSPS) is 9.79. The van der Waals surface area contributed by atoms with Gasteiger partial charge in [0.2, 0.25) is 0 Å². The highest BCUT2D eigenvalue weighted by Gasteiger charge is 2.09. The van der Waals surface area contributed by atoms with E-state index in [4.69, 9.17) is 15.3 Å². The summed E-state index contributed by atoms with van der Waals surface area (Å²) in [5.41, 5.74) is 2.80. The maximum absolute atomic E-state index is 11.0. The highest BCUT2D eigenvalue weighted by Crippen LogP contribution is 2.16. The average Bonchev–Trinajstić information content (AvgIpc) is 2.75. The minimum Gasteiger partial charge on any atom is -0.489 e. The Balaban J connectivity index is 0.00000136. The molecule has 144 valence electrons. The van der Waals surface area contributed by atoms with E-state index in [0.717, 1.165) is 16.9 Å². The number of aromatic nitrogens is 1. The number of benzene rings is 2. The van der Waals surface area contributed by atoms with E-state index in [1.165, 1.54) is 18.3 Å². The Labute approximate surface area is 165 Å². The van der Waals surface area contributed by atoms with Crippen molar-refractivity contribution in [2.24, 2.45) is 0 Å². The largest absolute Gasteiger partial charge is 0.489 e. The molecule has 0 saturated heterocycles. The van der Waals surface area contributed by atoms with Crippen LogP contribution >= 0.6 is 0 Å². The maximum Gasteiger partial charge on any atom is 0.335 e. The number of carbonyl (C=O) groups is 1. The van der Waals surface area contributed by atoms with Crippen molar-refractivity contribution in [3.05, 3.63) is 95.3 Å². The first-order valence-corrected chi connectivity index (χ1v) is 9.14. The van der Waals surface area contributed by atoms with Gasteiger partial charge in [-0.15, -0.1) is 0 Å². The number of pyridine rings is 1. The van der Waals surface area contributed by atoms with Crippen molar-refractivity contribution < 1.29 is 14.6 Å². The molecule has 1 aromatic heterocycles. The molecule has 0 amide bonds. The average molecular weight is 376 g/mol. The molecule has 3 rings (SSSR count). The summed E-state index contributed by atoms with van der Waals surface area (Å²) in [6.45, 7) is 4.50. The topological polar surface area (TPSA) is 83.3 Å². The van der Waals surface area contributed by atoms with Gasteiger partial charge in [0.1, 0.15) is 12.4 Å². The standard InChI is InChI=1S/C21H18N2O3.C2H6/c22-19(20-13-17(21(24)25)10-11-23-20)12-15-6-8-18(9-7-15)26-14-16-4-2-1-3-5-16;1-2/h1-11,13,22H,12,14H2,(H,24,25);1-2H3. The predicted octanol–water partition coefficient (Wildman–Crippen LogP) is 5.00. The Morgan fingerprint density at radius 2 is 1.68 bits per heavy atom. The second-order valence-electron chi connectivity index (χ2n) is 5.81. The van der Waals surface area contributed by atoms with Gasteiger partial charge >= 0.3 is 5.97 Å². The molecular formula is C23H24N2O3. The van der Waals surface area contributed by atoms with Crippen LogP contribution in [0, 0.1) is 5.41 Å². The van der Waals surface area contributed by atoms with E-state index in [-0.39, 0.29) is 11.3 Å². The van der Waals surface area contributed by atoms with E-state index < -0.39 is 5.97 Å². The molecule has 0 aliphatic carbocycles. The quantitative estimate of drug-likeness (QED) is 0.569. The first-order chi connectivity index (χ1) is 13.6. The Morgan fingerprint density at radius 1 is 1.00 bits per heavy atom. The number of nitrogens with zero attached hydrogens (tertiary/aromatic N) is 1. The summed E-state index contributed by atoms with van der Waals surface area (Å²) in [4.78, 5) is 15.1. The Hall–Kier alpha value is -3.47. The van der Waals surface area contributed by atoms with Gasteiger partial charge in [-0.05, 0) is 35.4 Å². The molecule has 0 radical (unpaired) electrons.